The van der Waals surface area contributed by atoms with Crippen LogP contribution in [0.5, 0.6) is 0 Å². The van der Waals surface area contributed by atoms with Crippen LogP contribution < -0.4 is 0 Å². The molecule has 1 unspecified atom stereocenters. The second-order valence-electron chi connectivity index (χ2n) is 22.3. The third kappa shape index (κ3) is 64.9. The quantitative estimate of drug-likeness (QED) is 0.0261. The van der Waals surface area contributed by atoms with E-state index in [0.717, 1.165) is 128 Å². The summed E-state index contributed by atoms with van der Waals surface area (Å²) in [6, 6.07) is 0. The Morgan fingerprint density at radius 1 is 0.263 bits per heavy atom. The lowest BCUT2D eigenvalue weighted by molar-refractivity contribution is -0.167. The Morgan fingerprint density at radius 2 is 0.487 bits per heavy atom. The van der Waals surface area contributed by atoms with Crippen LogP contribution in [0, 0.1) is 0 Å². The smallest absolute Gasteiger partial charge is 0.306 e. The first-order valence-electron chi connectivity index (χ1n) is 33.9. The number of carbonyl (C=O) groups excluding carboxylic acids is 3. The van der Waals surface area contributed by atoms with Gasteiger partial charge in [-0.3, -0.25) is 14.4 Å². The van der Waals surface area contributed by atoms with Gasteiger partial charge >= 0.3 is 17.9 Å². The molecule has 0 aromatic rings. The van der Waals surface area contributed by atoms with Crippen LogP contribution in [0.3, 0.4) is 0 Å². The topological polar surface area (TPSA) is 78.9 Å². The molecule has 0 aliphatic rings. The average Bonchev–Trinajstić information content (AvgIpc) is 3.46. The highest BCUT2D eigenvalue weighted by Crippen LogP contribution is 2.16. The molecule has 6 heteroatoms. The minimum Gasteiger partial charge on any atom is -0.462 e. The van der Waals surface area contributed by atoms with Gasteiger partial charge in [-0.05, 0) is 128 Å². The molecule has 80 heavy (non-hydrogen) atoms. The van der Waals surface area contributed by atoms with E-state index < -0.39 is 6.10 Å². The molecule has 0 aromatic heterocycles. The van der Waals surface area contributed by atoms with Gasteiger partial charge in [0, 0.05) is 19.3 Å². The first-order chi connectivity index (χ1) is 39.5. The fourth-order valence-electron chi connectivity index (χ4n) is 9.41. The summed E-state index contributed by atoms with van der Waals surface area (Å²) in [6.45, 7) is 6.51. The molecule has 0 aromatic carbocycles. The minimum absolute atomic E-state index is 0.0882. The molecule has 0 amide bonds. The molecule has 1 atom stereocenters. The maximum atomic E-state index is 13.0. The van der Waals surface area contributed by atoms with Gasteiger partial charge in [0.05, 0.1) is 0 Å². The van der Waals surface area contributed by atoms with E-state index in [-0.39, 0.29) is 31.1 Å². The lowest BCUT2D eigenvalue weighted by Gasteiger charge is -2.18. The second-order valence-corrected chi connectivity index (χ2v) is 22.3. The number of hydrogen-bond donors (Lipinski definition) is 0. The number of ether oxygens (including phenoxy) is 3. The minimum atomic E-state index is -0.794. The first kappa shape index (κ1) is 76.1. The molecule has 0 rings (SSSR count). The van der Waals surface area contributed by atoms with E-state index in [1.807, 2.05) is 0 Å². The van der Waals surface area contributed by atoms with E-state index in [4.69, 9.17) is 14.2 Å². The fourth-order valence-corrected chi connectivity index (χ4v) is 9.41. The van der Waals surface area contributed by atoms with Crippen LogP contribution in [-0.4, -0.2) is 37.2 Å². The van der Waals surface area contributed by atoms with Gasteiger partial charge in [0.1, 0.15) is 13.2 Å². The highest BCUT2D eigenvalue weighted by atomic mass is 16.6. The van der Waals surface area contributed by atoms with Gasteiger partial charge in [0.2, 0.25) is 0 Å². The van der Waals surface area contributed by atoms with Gasteiger partial charge in [-0.2, -0.15) is 0 Å². The molecule has 0 aliphatic carbocycles. The first-order valence-corrected chi connectivity index (χ1v) is 33.9. The molecule has 0 saturated carbocycles. The monoisotopic (exact) mass is 1110 g/mol. The van der Waals surface area contributed by atoms with Crippen LogP contribution in [0.25, 0.3) is 0 Å². The number of esters is 3. The molecule has 0 spiro atoms. The third-order valence-corrected chi connectivity index (χ3v) is 14.5. The molecule has 0 heterocycles. The van der Waals surface area contributed by atoms with E-state index >= 15 is 0 Å². The van der Waals surface area contributed by atoms with Crippen molar-refractivity contribution in [1.29, 1.82) is 0 Å². The summed E-state index contributed by atoms with van der Waals surface area (Å²) in [4.78, 5) is 38.4. The molecule has 0 bridgehead atoms. The average molecular weight is 1110 g/mol. The summed E-state index contributed by atoms with van der Waals surface area (Å²) >= 11 is 0. The zero-order valence-corrected chi connectivity index (χ0v) is 52.6. The Labute approximate surface area is 495 Å². The Kier molecular flexibility index (Phi) is 64.3. The van der Waals surface area contributed by atoms with Gasteiger partial charge in [-0.25, -0.2) is 0 Å². The Bertz CT molecular complexity index is 1610. The van der Waals surface area contributed by atoms with Crippen molar-refractivity contribution in [3.05, 3.63) is 109 Å². The van der Waals surface area contributed by atoms with Crippen LogP contribution in [0.15, 0.2) is 109 Å². The van der Waals surface area contributed by atoms with E-state index in [2.05, 4.69) is 130 Å². The normalized spacial score (nSPS) is 12.8. The molecular formula is C74H126O6. The summed E-state index contributed by atoms with van der Waals surface area (Å²) in [5.74, 6) is -0.903. The van der Waals surface area contributed by atoms with Crippen LogP contribution >= 0.6 is 0 Å². The predicted octanol–water partition coefficient (Wildman–Crippen LogP) is 23.4. The number of allylic oxidation sites excluding steroid dienone is 18. The van der Waals surface area contributed by atoms with Crippen LogP contribution in [-0.2, 0) is 28.6 Å². The highest BCUT2D eigenvalue weighted by Gasteiger charge is 2.19. The van der Waals surface area contributed by atoms with Crippen molar-refractivity contribution in [1.82, 2.24) is 0 Å². The molecule has 0 fully saturated rings. The molecule has 6 nitrogen and oxygen atoms in total. The lowest BCUT2D eigenvalue weighted by atomic mass is 10.1. The van der Waals surface area contributed by atoms with Crippen molar-refractivity contribution in [2.45, 2.75) is 329 Å². The predicted molar refractivity (Wildman–Crippen MR) is 348 cm³/mol. The van der Waals surface area contributed by atoms with E-state index in [0.29, 0.717) is 19.3 Å². The maximum Gasteiger partial charge on any atom is 0.306 e. The van der Waals surface area contributed by atoms with Crippen molar-refractivity contribution in [2.24, 2.45) is 0 Å². The maximum absolute atomic E-state index is 13.0. The highest BCUT2D eigenvalue weighted by molar-refractivity contribution is 5.71. The molecule has 0 N–H and O–H groups in total. The van der Waals surface area contributed by atoms with Crippen molar-refractivity contribution in [3.8, 4) is 0 Å². The van der Waals surface area contributed by atoms with Gasteiger partial charge in [-0.1, -0.05) is 284 Å². The molecule has 0 saturated heterocycles. The van der Waals surface area contributed by atoms with Crippen molar-refractivity contribution < 1.29 is 28.6 Å². The molecular weight excluding hydrogens is 985 g/mol. The SMILES string of the molecule is CC/C=C\C/C=C\C/C=C\C/C=C\CCCCCCCCCCCCC(=O)OCC(COC(=O)CCCCCCC/C=C\C/C=C\CCCCCC)OC(=O)CCCCCCCCCC/C=C\C/C=C\C/C=C\CCCCCCC. The number of carbonyl (C=O) groups is 3. The van der Waals surface area contributed by atoms with Gasteiger partial charge in [-0.15, -0.1) is 0 Å². The molecule has 458 valence electrons. The Morgan fingerprint density at radius 3 is 0.775 bits per heavy atom. The summed E-state index contributed by atoms with van der Waals surface area (Å²) in [7, 11) is 0. The second kappa shape index (κ2) is 67.6. The van der Waals surface area contributed by atoms with Crippen LogP contribution in [0.4, 0.5) is 0 Å². The van der Waals surface area contributed by atoms with E-state index in [9.17, 15) is 14.4 Å². The Hall–Kier alpha value is -3.93. The van der Waals surface area contributed by atoms with Crippen molar-refractivity contribution in [3.63, 3.8) is 0 Å². The van der Waals surface area contributed by atoms with E-state index in [1.165, 1.54) is 154 Å². The fraction of sp³-hybridized carbons (Fsp3) is 0.716. The molecule has 0 aliphatic heterocycles. The zero-order chi connectivity index (χ0) is 57.8. The number of unbranched alkanes of at least 4 members (excludes halogenated alkanes) is 32. The van der Waals surface area contributed by atoms with Crippen molar-refractivity contribution >= 4 is 17.9 Å². The van der Waals surface area contributed by atoms with Gasteiger partial charge in [0.15, 0.2) is 6.10 Å². The summed E-state index contributed by atoms with van der Waals surface area (Å²) in [6.07, 6.45) is 92.3. The summed E-state index contributed by atoms with van der Waals surface area (Å²) < 4.78 is 17.0. The Balaban J connectivity index is 4.40. The largest absolute Gasteiger partial charge is 0.462 e. The van der Waals surface area contributed by atoms with Gasteiger partial charge in [0.25, 0.3) is 0 Å². The zero-order valence-electron chi connectivity index (χ0n) is 52.6. The summed E-state index contributed by atoms with van der Waals surface area (Å²) in [5, 5.41) is 0. The summed E-state index contributed by atoms with van der Waals surface area (Å²) in [5.41, 5.74) is 0. The lowest BCUT2D eigenvalue weighted by Crippen LogP contribution is -2.30. The van der Waals surface area contributed by atoms with Crippen LogP contribution in [0.1, 0.15) is 323 Å². The van der Waals surface area contributed by atoms with Gasteiger partial charge < -0.3 is 14.2 Å². The third-order valence-electron chi connectivity index (χ3n) is 14.5. The van der Waals surface area contributed by atoms with Crippen molar-refractivity contribution in [2.75, 3.05) is 13.2 Å². The standard InChI is InChI=1S/C74H126O6/c1-4-7-10-13-16-19-22-25-28-31-33-35-37-39-41-43-46-49-52-55-58-61-64-67-73(76)79-70-71(69-78-72(75)66-63-60-57-54-51-48-45-30-27-24-21-18-15-12-9-6-3)80-74(77)68-65-62-59-56-53-50-47-44-42-40-38-36-34-32-29-26-23-20-17-14-11-8-5-2/h7,10,16,19,21,23-26,28,30,32-35,38,40,45,71H,4-6,8-9,11-15,17-18,20,22,27,29,31,36-37,39,41-44,46-70H2,1-3H3/b10-7-,19-16-,24-21-,26-23-,28-25-,34-32-,35-33-,40-38-,45-30-. The number of rotatable bonds is 61. The number of hydrogen-bond acceptors (Lipinski definition) is 6. The molecule has 0 radical (unpaired) electrons. The van der Waals surface area contributed by atoms with Crippen LogP contribution in [0.2, 0.25) is 0 Å². The van der Waals surface area contributed by atoms with E-state index in [1.54, 1.807) is 0 Å².